The Labute approximate surface area is 126 Å². The Balaban J connectivity index is 2.40. The molecule has 1 heterocycles. The normalized spacial score (nSPS) is 15.8. The summed E-state index contributed by atoms with van der Waals surface area (Å²) in [7, 11) is -3.79. The first-order chi connectivity index (χ1) is 9.88. The SMILES string of the molecule is CCCN(CC)C(=O)c1cc(S(N)(=O)=O)cn1C1CCC1. The molecule has 0 aromatic carbocycles. The Morgan fingerprint density at radius 2 is 2.10 bits per heavy atom. The second-order valence-corrected chi connectivity index (χ2v) is 7.04. The van der Waals surface area contributed by atoms with Gasteiger partial charge in [-0.25, -0.2) is 13.6 Å². The van der Waals surface area contributed by atoms with Gasteiger partial charge in [0, 0.05) is 25.3 Å². The third kappa shape index (κ3) is 3.29. The van der Waals surface area contributed by atoms with Gasteiger partial charge in [-0.3, -0.25) is 4.79 Å². The molecule has 118 valence electrons. The zero-order valence-electron chi connectivity index (χ0n) is 12.6. The molecule has 0 atom stereocenters. The van der Waals surface area contributed by atoms with Gasteiger partial charge in [0.15, 0.2) is 0 Å². The first kappa shape index (κ1) is 16.0. The number of hydrogen-bond donors (Lipinski definition) is 1. The van der Waals surface area contributed by atoms with Crippen LogP contribution in [-0.2, 0) is 10.0 Å². The molecule has 1 aliphatic carbocycles. The summed E-state index contributed by atoms with van der Waals surface area (Å²) in [6.07, 6.45) is 5.42. The van der Waals surface area contributed by atoms with Crippen LogP contribution in [0.1, 0.15) is 56.1 Å². The molecular formula is C14H23N3O3S. The molecule has 0 aliphatic heterocycles. The Morgan fingerprint density at radius 3 is 2.52 bits per heavy atom. The fourth-order valence-electron chi connectivity index (χ4n) is 2.58. The van der Waals surface area contributed by atoms with E-state index >= 15 is 0 Å². The van der Waals surface area contributed by atoms with Gasteiger partial charge < -0.3 is 9.47 Å². The Kier molecular flexibility index (Phi) is 4.73. The Bertz CT molecular complexity index is 617. The summed E-state index contributed by atoms with van der Waals surface area (Å²) in [5.41, 5.74) is 0.430. The van der Waals surface area contributed by atoms with Crippen molar-refractivity contribution < 1.29 is 13.2 Å². The number of rotatable bonds is 6. The van der Waals surface area contributed by atoms with Crippen LogP contribution in [0.4, 0.5) is 0 Å². The zero-order chi connectivity index (χ0) is 15.6. The third-order valence-electron chi connectivity index (χ3n) is 4.00. The van der Waals surface area contributed by atoms with Crippen LogP contribution >= 0.6 is 0 Å². The maximum Gasteiger partial charge on any atom is 0.270 e. The van der Waals surface area contributed by atoms with Crippen molar-refractivity contribution in [2.24, 2.45) is 5.14 Å². The average molecular weight is 313 g/mol. The van der Waals surface area contributed by atoms with Gasteiger partial charge >= 0.3 is 0 Å². The van der Waals surface area contributed by atoms with Crippen LogP contribution in [0.25, 0.3) is 0 Å². The van der Waals surface area contributed by atoms with Gasteiger partial charge in [-0.05, 0) is 38.7 Å². The zero-order valence-corrected chi connectivity index (χ0v) is 13.4. The molecule has 0 bridgehead atoms. The van der Waals surface area contributed by atoms with Gasteiger partial charge in [-0.1, -0.05) is 6.92 Å². The van der Waals surface area contributed by atoms with Crippen molar-refractivity contribution in [3.8, 4) is 0 Å². The molecule has 0 saturated heterocycles. The molecule has 0 radical (unpaired) electrons. The lowest BCUT2D eigenvalue weighted by atomic mass is 9.93. The monoisotopic (exact) mass is 313 g/mol. The fourth-order valence-corrected chi connectivity index (χ4v) is 3.12. The highest BCUT2D eigenvalue weighted by atomic mass is 32.2. The molecule has 1 fully saturated rings. The number of aromatic nitrogens is 1. The Morgan fingerprint density at radius 1 is 1.43 bits per heavy atom. The number of carbonyl (C=O) groups excluding carboxylic acids is 1. The summed E-state index contributed by atoms with van der Waals surface area (Å²) in [5, 5.41) is 5.20. The van der Waals surface area contributed by atoms with Crippen LogP contribution in [-0.4, -0.2) is 36.9 Å². The second kappa shape index (κ2) is 6.19. The molecule has 1 aromatic rings. The van der Waals surface area contributed by atoms with Crippen molar-refractivity contribution in [3.63, 3.8) is 0 Å². The van der Waals surface area contributed by atoms with Gasteiger partial charge in [-0.15, -0.1) is 0 Å². The number of carbonyl (C=O) groups is 1. The van der Waals surface area contributed by atoms with E-state index < -0.39 is 10.0 Å². The minimum absolute atomic E-state index is 0.0188. The standard InChI is InChI=1S/C14H23N3O3S/c1-3-8-16(4-2)14(18)13-9-12(21(15,19)20)10-17(13)11-6-5-7-11/h9-11H,3-8H2,1-2H3,(H2,15,19,20). The summed E-state index contributed by atoms with van der Waals surface area (Å²) in [5.74, 6) is -0.124. The fraction of sp³-hybridized carbons (Fsp3) is 0.643. The topological polar surface area (TPSA) is 85.4 Å². The van der Waals surface area contributed by atoms with E-state index in [1.807, 2.05) is 13.8 Å². The number of hydrogen-bond acceptors (Lipinski definition) is 3. The number of sulfonamides is 1. The van der Waals surface area contributed by atoms with E-state index in [2.05, 4.69) is 0 Å². The highest BCUT2D eigenvalue weighted by Gasteiger charge is 2.28. The molecule has 2 rings (SSSR count). The molecule has 2 N–H and O–H groups in total. The van der Waals surface area contributed by atoms with E-state index in [-0.39, 0.29) is 16.8 Å². The smallest absolute Gasteiger partial charge is 0.270 e. The predicted octanol–water partition coefficient (Wildman–Crippen LogP) is 1.73. The lowest BCUT2D eigenvalue weighted by Gasteiger charge is -2.30. The molecule has 1 aliphatic rings. The summed E-state index contributed by atoms with van der Waals surface area (Å²) >= 11 is 0. The van der Waals surface area contributed by atoms with E-state index in [4.69, 9.17) is 5.14 Å². The number of primary sulfonamides is 1. The maximum absolute atomic E-state index is 12.6. The maximum atomic E-state index is 12.6. The minimum Gasteiger partial charge on any atom is -0.339 e. The molecule has 0 unspecified atom stereocenters. The Hall–Kier alpha value is -1.34. The summed E-state index contributed by atoms with van der Waals surface area (Å²) in [6.45, 7) is 5.20. The van der Waals surface area contributed by atoms with E-state index in [0.29, 0.717) is 18.8 Å². The van der Waals surface area contributed by atoms with Crippen molar-refractivity contribution >= 4 is 15.9 Å². The van der Waals surface area contributed by atoms with Crippen LogP contribution in [0.15, 0.2) is 17.2 Å². The van der Waals surface area contributed by atoms with Crippen molar-refractivity contribution in [2.45, 2.75) is 50.5 Å². The van der Waals surface area contributed by atoms with Crippen LogP contribution in [0.2, 0.25) is 0 Å². The van der Waals surface area contributed by atoms with Crippen molar-refractivity contribution in [1.82, 2.24) is 9.47 Å². The third-order valence-corrected chi connectivity index (χ3v) is 4.88. The second-order valence-electron chi connectivity index (χ2n) is 5.48. The highest BCUT2D eigenvalue weighted by molar-refractivity contribution is 7.89. The highest BCUT2D eigenvalue weighted by Crippen LogP contribution is 2.34. The summed E-state index contributed by atoms with van der Waals surface area (Å²) < 4.78 is 24.9. The number of nitrogens with zero attached hydrogens (tertiary/aromatic N) is 2. The average Bonchev–Trinajstić information content (AvgIpc) is 2.77. The van der Waals surface area contributed by atoms with Gasteiger partial charge in [0.25, 0.3) is 5.91 Å². The molecular weight excluding hydrogens is 290 g/mol. The summed E-state index contributed by atoms with van der Waals surface area (Å²) in [4.78, 5) is 14.4. The van der Waals surface area contributed by atoms with Gasteiger partial charge in [0.1, 0.15) is 10.6 Å². The van der Waals surface area contributed by atoms with Crippen LogP contribution in [0.3, 0.4) is 0 Å². The van der Waals surface area contributed by atoms with E-state index in [1.165, 1.54) is 12.3 Å². The molecule has 7 heteroatoms. The molecule has 21 heavy (non-hydrogen) atoms. The van der Waals surface area contributed by atoms with Gasteiger partial charge in [-0.2, -0.15) is 0 Å². The van der Waals surface area contributed by atoms with Crippen molar-refractivity contribution in [2.75, 3.05) is 13.1 Å². The molecule has 6 nitrogen and oxygen atoms in total. The number of nitrogens with two attached hydrogens (primary N) is 1. The molecule has 1 saturated carbocycles. The first-order valence-corrected chi connectivity index (χ1v) is 8.97. The number of amides is 1. The van der Waals surface area contributed by atoms with E-state index in [1.54, 1.807) is 9.47 Å². The van der Waals surface area contributed by atoms with Crippen LogP contribution < -0.4 is 5.14 Å². The van der Waals surface area contributed by atoms with Crippen LogP contribution in [0, 0.1) is 0 Å². The predicted molar refractivity (Wildman–Crippen MR) is 80.6 cm³/mol. The minimum atomic E-state index is -3.79. The van der Waals surface area contributed by atoms with E-state index in [9.17, 15) is 13.2 Å². The largest absolute Gasteiger partial charge is 0.339 e. The van der Waals surface area contributed by atoms with Crippen molar-refractivity contribution in [1.29, 1.82) is 0 Å². The van der Waals surface area contributed by atoms with Crippen molar-refractivity contribution in [3.05, 3.63) is 18.0 Å². The molecule has 1 amide bonds. The van der Waals surface area contributed by atoms with Gasteiger partial charge in [0.05, 0.1) is 0 Å². The summed E-state index contributed by atoms with van der Waals surface area (Å²) in [6, 6.07) is 1.62. The first-order valence-electron chi connectivity index (χ1n) is 7.42. The lowest BCUT2D eigenvalue weighted by Crippen LogP contribution is -2.34. The molecule has 0 spiro atoms. The van der Waals surface area contributed by atoms with Crippen LogP contribution in [0.5, 0.6) is 0 Å². The molecule has 1 aromatic heterocycles. The quantitative estimate of drug-likeness (QED) is 0.868. The lowest BCUT2D eigenvalue weighted by molar-refractivity contribution is 0.0747. The van der Waals surface area contributed by atoms with E-state index in [0.717, 1.165) is 25.7 Å². The van der Waals surface area contributed by atoms with Gasteiger partial charge in [0.2, 0.25) is 10.0 Å².